The molecule has 23 heavy (non-hydrogen) atoms. The zero-order chi connectivity index (χ0) is 16.2. The molecule has 5 heteroatoms. The largest absolute Gasteiger partial charge is 0.495 e. The number of hydrogen-bond donors (Lipinski definition) is 1. The van der Waals surface area contributed by atoms with E-state index in [2.05, 4.69) is 4.90 Å². The molecule has 0 aliphatic carbocycles. The molecule has 2 N–H and O–H groups in total. The standard InChI is InChI=1S/C18H21N3O2/c1-23-17-13-15(7-8-16(17)19)20-9-11-21(12-10-20)18(22)14-5-3-2-4-6-14/h2-8,13H,9-12,19H2,1H3. The topological polar surface area (TPSA) is 58.8 Å². The first-order valence-corrected chi connectivity index (χ1v) is 7.72. The minimum absolute atomic E-state index is 0.0973. The van der Waals surface area contributed by atoms with Crippen molar-refractivity contribution in [3.05, 3.63) is 54.1 Å². The zero-order valence-corrected chi connectivity index (χ0v) is 13.2. The molecule has 0 radical (unpaired) electrons. The van der Waals surface area contributed by atoms with E-state index in [0.717, 1.165) is 24.3 Å². The second kappa shape index (κ2) is 6.60. The van der Waals surface area contributed by atoms with E-state index in [4.69, 9.17) is 10.5 Å². The molecule has 0 unspecified atom stereocenters. The first-order valence-electron chi connectivity index (χ1n) is 7.72. The van der Waals surface area contributed by atoms with Crippen molar-refractivity contribution in [2.45, 2.75) is 0 Å². The van der Waals surface area contributed by atoms with Gasteiger partial charge in [-0.05, 0) is 24.3 Å². The van der Waals surface area contributed by atoms with Gasteiger partial charge in [-0.2, -0.15) is 0 Å². The Hall–Kier alpha value is -2.69. The Morgan fingerprint density at radius 2 is 1.74 bits per heavy atom. The van der Waals surface area contributed by atoms with Gasteiger partial charge in [0.1, 0.15) is 5.75 Å². The second-order valence-electron chi connectivity index (χ2n) is 5.57. The van der Waals surface area contributed by atoms with Crippen molar-refractivity contribution < 1.29 is 9.53 Å². The van der Waals surface area contributed by atoms with E-state index in [1.54, 1.807) is 7.11 Å². The Morgan fingerprint density at radius 1 is 1.04 bits per heavy atom. The number of methoxy groups -OCH3 is 1. The van der Waals surface area contributed by atoms with Crippen molar-refractivity contribution >= 4 is 17.3 Å². The van der Waals surface area contributed by atoms with Crippen LogP contribution in [0.2, 0.25) is 0 Å². The number of anilines is 2. The molecule has 5 nitrogen and oxygen atoms in total. The summed E-state index contributed by atoms with van der Waals surface area (Å²) in [6.07, 6.45) is 0. The highest BCUT2D eigenvalue weighted by Gasteiger charge is 2.22. The number of amides is 1. The summed E-state index contributed by atoms with van der Waals surface area (Å²) in [5, 5.41) is 0. The Labute approximate surface area is 136 Å². The van der Waals surface area contributed by atoms with Crippen molar-refractivity contribution in [3.8, 4) is 5.75 Å². The van der Waals surface area contributed by atoms with Crippen molar-refractivity contribution in [2.75, 3.05) is 43.9 Å². The molecule has 120 valence electrons. The number of nitrogen functional groups attached to an aromatic ring is 1. The maximum Gasteiger partial charge on any atom is 0.253 e. The summed E-state index contributed by atoms with van der Waals surface area (Å²) in [6, 6.07) is 15.2. The molecule has 1 aliphatic heterocycles. The van der Waals surface area contributed by atoms with E-state index in [1.165, 1.54) is 0 Å². The molecule has 0 atom stereocenters. The monoisotopic (exact) mass is 311 g/mol. The minimum atomic E-state index is 0.0973. The van der Waals surface area contributed by atoms with Gasteiger partial charge in [0.05, 0.1) is 12.8 Å². The highest BCUT2D eigenvalue weighted by molar-refractivity contribution is 5.94. The Morgan fingerprint density at radius 3 is 2.39 bits per heavy atom. The van der Waals surface area contributed by atoms with Gasteiger partial charge >= 0.3 is 0 Å². The predicted octanol–water partition coefficient (Wildman–Crippen LogP) is 2.24. The molecule has 1 heterocycles. The highest BCUT2D eigenvalue weighted by Crippen LogP contribution is 2.28. The summed E-state index contributed by atoms with van der Waals surface area (Å²) in [4.78, 5) is 16.6. The molecule has 3 rings (SSSR count). The number of nitrogens with zero attached hydrogens (tertiary/aromatic N) is 2. The Kier molecular flexibility index (Phi) is 4.37. The number of carbonyl (C=O) groups excluding carboxylic acids is 1. The van der Waals surface area contributed by atoms with E-state index in [0.29, 0.717) is 24.5 Å². The molecule has 0 aromatic heterocycles. The average Bonchev–Trinajstić information content (AvgIpc) is 2.62. The molecule has 2 aromatic rings. The van der Waals surface area contributed by atoms with Crippen LogP contribution in [0, 0.1) is 0 Å². The van der Waals surface area contributed by atoms with Crippen LogP contribution in [-0.4, -0.2) is 44.1 Å². The van der Waals surface area contributed by atoms with Crippen LogP contribution in [0.5, 0.6) is 5.75 Å². The summed E-state index contributed by atoms with van der Waals surface area (Å²) in [5.74, 6) is 0.783. The van der Waals surface area contributed by atoms with Crippen LogP contribution in [0.25, 0.3) is 0 Å². The highest BCUT2D eigenvalue weighted by atomic mass is 16.5. The third-order valence-electron chi connectivity index (χ3n) is 4.17. The smallest absolute Gasteiger partial charge is 0.253 e. The fraction of sp³-hybridized carbons (Fsp3) is 0.278. The number of benzene rings is 2. The van der Waals surface area contributed by atoms with Crippen molar-refractivity contribution in [2.24, 2.45) is 0 Å². The molecule has 1 aliphatic rings. The summed E-state index contributed by atoms with van der Waals surface area (Å²) >= 11 is 0. The molecule has 1 fully saturated rings. The summed E-state index contributed by atoms with van der Waals surface area (Å²) in [7, 11) is 1.62. The van der Waals surface area contributed by atoms with Gasteiger partial charge in [-0.15, -0.1) is 0 Å². The molecule has 0 bridgehead atoms. The number of carbonyl (C=O) groups is 1. The van der Waals surface area contributed by atoms with Gasteiger partial charge in [0.25, 0.3) is 5.91 Å². The van der Waals surface area contributed by atoms with Gasteiger partial charge in [0, 0.05) is 43.5 Å². The van der Waals surface area contributed by atoms with Crippen LogP contribution >= 0.6 is 0 Å². The second-order valence-corrected chi connectivity index (χ2v) is 5.57. The lowest BCUT2D eigenvalue weighted by atomic mass is 10.1. The minimum Gasteiger partial charge on any atom is -0.495 e. The van der Waals surface area contributed by atoms with Crippen LogP contribution in [0.1, 0.15) is 10.4 Å². The van der Waals surface area contributed by atoms with Crippen molar-refractivity contribution in [3.63, 3.8) is 0 Å². The van der Waals surface area contributed by atoms with E-state index in [1.807, 2.05) is 53.4 Å². The van der Waals surface area contributed by atoms with Gasteiger partial charge in [-0.3, -0.25) is 4.79 Å². The summed E-state index contributed by atoms with van der Waals surface area (Å²) in [6.45, 7) is 3.01. The lowest BCUT2D eigenvalue weighted by Crippen LogP contribution is -2.48. The van der Waals surface area contributed by atoms with Gasteiger partial charge in [0.15, 0.2) is 0 Å². The third-order valence-corrected chi connectivity index (χ3v) is 4.17. The average molecular weight is 311 g/mol. The first kappa shape index (κ1) is 15.2. The molecular formula is C18H21N3O2. The van der Waals surface area contributed by atoms with Crippen LogP contribution in [0.3, 0.4) is 0 Å². The summed E-state index contributed by atoms with van der Waals surface area (Å²) < 4.78 is 5.28. The Balaban J connectivity index is 1.65. The number of piperazine rings is 1. The quantitative estimate of drug-likeness (QED) is 0.883. The van der Waals surface area contributed by atoms with Crippen molar-refractivity contribution in [1.82, 2.24) is 4.90 Å². The predicted molar refractivity (Wildman–Crippen MR) is 92.0 cm³/mol. The van der Waals surface area contributed by atoms with E-state index < -0.39 is 0 Å². The Bertz CT molecular complexity index is 680. The van der Waals surface area contributed by atoms with Gasteiger partial charge in [-0.1, -0.05) is 18.2 Å². The van der Waals surface area contributed by atoms with Crippen molar-refractivity contribution in [1.29, 1.82) is 0 Å². The lowest BCUT2D eigenvalue weighted by molar-refractivity contribution is 0.0747. The summed E-state index contributed by atoms with van der Waals surface area (Å²) in [5.41, 5.74) is 8.31. The molecule has 2 aromatic carbocycles. The number of ether oxygens (including phenoxy) is 1. The SMILES string of the molecule is COc1cc(N2CCN(C(=O)c3ccccc3)CC2)ccc1N. The van der Waals surface area contributed by atoms with E-state index in [-0.39, 0.29) is 5.91 Å². The molecule has 1 amide bonds. The maximum atomic E-state index is 12.5. The van der Waals surface area contributed by atoms with Crippen LogP contribution in [0.4, 0.5) is 11.4 Å². The fourth-order valence-corrected chi connectivity index (χ4v) is 2.83. The van der Waals surface area contributed by atoms with E-state index >= 15 is 0 Å². The van der Waals surface area contributed by atoms with Gasteiger partial charge in [0.2, 0.25) is 0 Å². The fourth-order valence-electron chi connectivity index (χ4n) is 2.83. The molecule has 1 saturated heterocycles. The maximum absolute atomic E-state index is 12.5. The molecular weight excluding hydrogens is 290 g/mol. The van der Waals surface area contributed by atoms with Crippen LogP contribution in [-0.2, 0) is 0 Å². The third kappa shape index (κ3) is 3.23. The number of hydrogen-bond acceptors (Lipinski definition) is 4. The van der Waals surface area contributed by atoms with Crippen LogP contribution < -0.4 is 15.4 Å². The molecule has 0 spiro atoms. The first-order chi connectivity index (χ1) is 11.2. The lowest BCUT2D eigenvalue weighted by Gasteiger charge is -2.36. The van der Waals surface area contributed by atoms with Crippen LogP contribution in [0.15, 0.2) is 48.5 Å². The van der Waals surface area contributed by atoms with E-state index in [9.17, 15) is 4.79 Å². The zero-order valence-electron chi connectivity index (χ0n) is 13.2. The van der Waals surface area contributed by atoms with Gasteiger partial charge < -0.3 is 20.3 Å². The normalized spacial score (nSPS) is 14.7. The molecule has 0 saturated carbocycles. The van der Waals surface area contributed by atoms with Gasteiger partial charge in [-0.25, -0.2) is 0 Å². The number of rotatable bonds is 3. The number of nitrogens with two attached hydrogens (primary N) is 1.